The molecule has 0 atom stereocenters. The first kappa shape index (κ1) is 18.4. The van der Waals surface area contributed by atoms with E-state index < -0.39 is 0 Å². The summed E-state index contributed by atoms with van der Waals surface area (Å²) < 4.78 is 7.90. The van der Waals surface area contributed by atoms with Crippen molar-refractivity contribution in [1.29, 1.82) is 0 Å². The van der Waals surface area contributed by atoms with E-state index in [2.05, 4.69) is 33.3 Å². The predicted octanol–water partition coefficient (Wildman–Crippen LogP) is 5.02. The Kier molecular flexibility index (Phi) is 5.00. The summed E-state index contributed by atoms with van der Waals surface area (Å²) in [5.74, 6) is 1.04. The van der Waals surface area contributed by atoms with Crippen molar-refractivity contribution in [3.63, 3.8) is 0 Å². The summed E-state index contributed by atoms with van der Waals surface area (Å²) in [6.07, 6.45) is 0.913. The molecule has 2 aromatic carbocycles. The largest absolute Gasteiger partial charge is 0.497 e. The number of pyridine rings is 1. The van der Waals surface area contributed by atoms with Gasteiger partial charge in [-0.1, -0.05) is 19.1 Å². The minimum absolute atomic E-state index is 0.221. The highest BCUT2D eigenvalue weighted by atomic mass is 79.9. The van der Waals surface area contributed by atoms with Crippen molar-refractivity contribution in [3.8, 4) is 5.75 Å². The Hall–Kier alpha value is -2.93. The molecule has 0 bridgehead atoms. The van der Waals surface area contributed by atoms with Crippen LogP contribution in [0.25, 0.3) is 21.9 Å². The number of aryl methyl sites for hydroxylation is 1. The van der Waals surface area contributed by atoms with Crippen LogP contribution in [-0.2, 0) is 6.54 Å². The number of amides is 1. The normalized spacial score (nSPS) is 11.1. The third kappa shape index (κ3) is 3.33. The van der Waals surface area contributed by atoms with Crippen molar-refractivity contribution in [1.82, 2.24) is 14.8 Å². The lowest BCUT2D eigenvalue weighted by Crippen LogP contribution is -2.13. The summed E-state index contributed by atoms with van der Waals surface area (Å²) in [7, 11) is 1.63. The lowest BCUT2D eigenvalue weighted by molar-refractivity contribution is 0.102. The van der Waals surface area contributed by atoms with Crippen molar-refractivity contribution >= 4 is 49.6 Å². The van der Waals surface area contributed by atoms with Crippen LogP contribution in [0.5, 0.6) is 5.75 Å². The fourth-order valence-corrected chi connectivity index (χ4v) is 3.61. The van der Waals surface area contributed by atoms with E-state index in [0.717, 1.165) is 45.1 Å². The molecule has 4 rings (SSSR count). The molecule has 0 saturated heterocycles. The van der Waals surface area contributed by atoms with Crippen LogP contribution < -0.4 is 10.1 Å². The smallest absolute Gasteiger partial charge is 0.258 e. The number of benzene rings is 2. The van der Waals surface area contributed by atoms with Crippen molar-refractivity contribution < 1.29 is 9.53 Å². The fourth-order valence-electron chi connectivity index (χ4n) is 3.14. The number of anilines is 1. The minimum Gasteiger partial charge on any atom is -0.497 e. The van der Waals surface area contributed by atoms with Crippen LogP contribution in [0.1, 0.15) is 23.7 Å². The molecule has 0 saturated carbocycles. The van der Waals surface area contributed by atoms with Crippen LogP contribution in [0.4, 0.5) is 5.82 Å². The maximum Gasteiger partial charge on any atom is 0.258 e. The Morgan fingerprint density at radius 1 is 1.21 bits per heavy atom. The Morgan fingerprint density at radius 3 is 2.79 bits per heavy atom. The zero-order chi connectivity index (χ0) is 19.7. The number of methoxy groups -OCH3 is 1. The number of aromatic nitrogens is 3. The van der Waals surface area contributed by atoms with E-state index in [1.165, 1.54) is 0 Å². The summed E-state index contributed by atoms with van der Waals surface area (Å²) in [6.45, 7) is 2.80. The molecule has 1 amide bonds. The van der Waals surface area contributed by atoms with E-state index in [4.69, 9.17) is 9.72 Å². The lowest BCUT2D eigenvalue weighted by Gasteiger charge is -2.05. The van der Waals surface area contributed by atoms with Crippen LogP contribution in [0.15, 0.2) is 53.0 Å². The number of fused-ring (bicyclic) bond motifs is 2. The lowest BCUT2D eigenvalue weighted by atomic mass is 10.1. The molecule has 0 radical (unpaired) electrons. The van der Waals surface area contributed by atoms with Crippen LogP contribution in [-0.4, -0.2) is 27.8 Å². The molecule has 0 unspecified atom stereocenters. The summed E-state index contributed by atoms with van der Waals surface area (Å²) in [6, 6.07) is 15.0. The van der Waals surface area contributed by atoms with Gasteiger partial charge in [0.25, 0.3) is 5.91 Å². The van der Waals surface area contributed by atoms with Gasteiger partial charge < -0.3 is 10.1 Å². The summed E-state index contributed by atoms with van der Waals surface area (Å²) in [5.41, 5.74) is 2.16. The van der Waals surface area contributed by atoms with Crippen molar-refractivity contribution in [2.75, 3.05) is 12.4 Å². The van der Waals surface area contributed by atoms with Crippen LogP contribution in [0.3, 0.4) is 0 Å². The van der Waals surface area contributed by atoms with E-state index in [1.54, 1.807) is 13.2 Å². The minimum atomic E-state index is -0.221. The molecule has 0 spiro atoms. The van der Waals surface area contributed by atoms with E-state index in [9.17, 15) is 4.79 Å². The molecule has 0 aliphatic carbocycles. The molecule has 0 fully saturated rings. The maximum absolute atomic E-state index is 12.8. The molecule has 28 heavy (non-hydrogen) atoms. The van der Waals surface area contributed by atoms with Gasteiger partial charge in [-0.05, 0) is 58.7 Å². The number of halogens is 1. The number of rotatable bonds is 5. The number of carbonyl (C=O) groups excluding carboxylic acids is 1. The number of hydrogen-bond donors (Lipinski definition) is 1. The van der Waals surface area contributed by atoms with Crippen LogP contribution >= 0.6 is 15.9 Å². The van der Waals surface area contributed by atoms with Crippen molar-refractivity contribution in [3.05, 3.63) is 58.6 Å². The summed E-state index contributed by atoms with van der Waals surface area (Å²) in [4.78, 5) is 17.6. The van der Waals surface area contributed by atoms with E-state index in [0.29, 0.717) is 11.4 Å². The third-order valence-electron chi connectivity index (χ3n) is 4.51. The molecule has 0 aliphatic heterocycles. The standard InChI is InChI=1S/C21H19BrN4O2/c1-3-10-26-20-16(12-13-11-14(28-2)8-9-18(13)23-20)19(25-26)24-21(27)15-6-4-5-7-17(15)22/h4-9,11-12H,3,10H2,1-2H3,(H,24,25,27). The van der Waals surface area contributed by atoms with Gasteiger partial charge in [-0.25, -0.2) is 9.67 Å². The molecule has 4 aromatic rings. The van der Waals surface area contributed by atoms with Crippen LogP contribution in [0.2, 0.25) is 0 Å². The highest BCUT2D eigenvalue weighted by Crippen LogP contribution is 2.29. The average Bonchev–Trinajstić information content (AvgIpc) is 3.02. The third-order valence-corrected chi connectivity index (χ3v) is 5.20. The zero-order valence-corrected chi connectivity index (χ0v) is 17.2. The molecule has 7 heteroatoms. The fraction of sp³-hybridized carbons (Fsp3) is 0.190. The highest BCUT2D eigenvalue weighted by Gasteiger charge is 2.17. The van der Waals surface area contributed by atoms with Gasteiger partial charge in [-0.15, -0.1) is 0 Å². The summed E-state index contributed by atoms with van der Waals surface area (Å²) >= 11 is 3.43. The first-order valence-electron chi connectivity index (χ1n) is 9.02. The van der Waals surface area contributed by atoms with Gasteiger partial charge in [0.05, 0.1) is 23.6 Å². The van der Waals surface area contributed by atoms with Gasteiger partial charge in [0.15, 0.2) is 11.5 Å². The second kappa shape index (κ2) is 7.59. The zero-order valence-electron chi connectivity index (χ0n) is 15.6. The first-order valence-corrected chi connectivity index (χ1v) is 9.81. The van der Waals surface area contributed by atoms with Crippen LogP contribution in [0, 0.1) is 0 Å². The topological polar surface area (TPSA) is 69.0 Å². The van der Waals surface area contributed by atoms with Gasteiger partial charge in [0.1, 0.15) is 5.75 Å². The summed E-state index contributed by atoms with van der Waals surface area (Å²) in [5, 5.41) is 9.29. The van der Waals surface area contributed by atoms with E-state index >= 15 is 0 Å². The number of nitrogens with one attached hydrogen (secondary N) is 1. The van der Waals surface area contributed by atoms with E-state index in [-0.39, 0.29) is 5.91 Å². The molecule has 142 valence electrons. The molecule has 6 nitrogen and oxygen atoms in total. The first-order chi connectivity index (χ1) is 13.6. The Morgan fingerprint density at radius 2 is 2.04 bits per heavy atom. The Labute approximate surface area is 170 Å². The predicted molar refractivity (Wildman–Crippen MR) is 114 cm³/mol. The Balaban J connectivity index is 1.83. The number of nitrogens with zero attached hydrogens (tertiary/aromatic N) is 3. The monoisotopic (exact) mass is 438 g/mol. The second-order valence-corrected chi connectivity index (χ2v) is 7.28. The van der Waals surface area contributed by atoms with Gasteiger partial charge in [-0.2, -0.15) is 5.10 Å². The van der Waals surface area contributed by atoms with Crippen molar-refractivity contribution in [2.45, 2.75) is 19.9 Å². The Bertz CT molecular complexity index is 1190. The number of carbonyl (C=O) groups is 1. The number of hydrogen-bond acceptors (Lipinski definition) is 4. The van der Waals surface area contributed by atoms with Gasteiger partial charge in [-0.3, -0.25) is 4.79 Å². The maximum atomic E-state index is 12.8. The van der Waals surface area contributed by atoms with Gasteiger partial charge in [0.2, 0.25) is 0 Å². The van der Waals surface area contributed by atoms with E-state index in [1.807, 2.05) is 47.1 Å². The molecule has 2 heterocycles. The second-order valence-electron chi connectivity index (χ2n) is 6.42. The highest BCUT2D eigenvalue weighted by molar-refractivity contribution is 9.10. The molecular formula is C21H19BrN4O2. The molecule has 0 aliphatic rings. The van der Waals surface area contributed by atoms with Gasteiger partial charge >= 0.3 is 0 Å². The molecule has 1 N–H and O–H groups in total. The number of ether oxygens (including phenoxy) is 1. The molecule has 2 aromatic heterocycles. The van der Waals surface area contributed by atoms with Crippen molar-refractivity contribution in [2.24, 2.45) is 0 Å². The molecular weight excluding hydrogens is 420 g/mol. The SMILES string of the molecule is CCCn1nc(NC(=O)c2ccccc2Br)c2cc3cc(OC)ccc3nc21. The van der Waals surface area contributed by atoms with Gasteiger partial charge in [0, 0.05) is 16.4 Å². The quantitative estimate of drug-likeness (QED) is 0.474. The average molecular weight is 439 g/mol.